The molecule has 2 bridgehead atoms. The van der Waals surface area contributed by atoms with Crippen molar-refractivity contribution in [2.75, 3.05) is 4.90 Å². The molecular formula is C22H25N7O. The summed E-state index contributed by atoms with van der Waals surface area (Å²) in [5.74, 6) is 0.753. The van der Waals surface area contributed by atoms with Crippen LogP contribution in [0.5, 0.6) is 0 Å². The minimum absolute atomic E-state index is 0.0215. The van der Waals surface area contributed by atoms with Gasteiger partial charge < -0.3 is 15.6 Å². The third kappa shape index (κ3) is 2.46. The van der Waals surface area contributed by atoms with Crippen molar-refractivity contribution in [3.63, 3.8) is 0 Å². The highest BCUT2D eigenvalue weighted by molar-refractivity contribution is 5.96. The summed E-state index contributed by atoms with van der Waals surface area (Å²) < 4.78 is 3.51. The number of aryl methyl sites for hydroxylation is 1. The molecule has 0 spiro atoms. The second kappa shape index (κ2) is 6.18. The van der Waals surface area contributed by atoms with Gasteiger partial charge in [0.25, 0.3) is 5.56 Å². The number of rotatable bonds is 2. The average Bonchev–Trinajstić information content (AvgIpc) is 3.37. The van der Waals surface area contributed by atoms with Crippen LogP contribution in [0.2, 0.25) is 0 Å². The van der Waals surface area contributed by atoms with Crippen molar-refractivity contribution in [3.8, 4) is 11.1 Å². The van der Waals surface area contributed by atoms with Gasteiger partial charge in [-0.15, -0.1) is 0 Å². The molecule has 2 aliphatic rings. The Morgan fingerprint density at radius 1 is 1.17 bits per heavy atom. The highest BCUT2D eigenvalue weighted by atomic mass is 16.1. The Kier molecular flexibility index (Phi) is 3.65. The minimum atomic E-state index is -0.0215. The third-order valence-electron chi connectivity index (χ3n) is 6.82. The van der Waals surface area contributed by atoms with Crippen LogP contribution in [0.1, 0.15) is 25.7 Å². The molecular weight excluding hydrogens is 378 g/mol. The summed E-state index contributed by atoms with van der Waals surface area (Å²) in [5.41, 5.74) is 9.65. The Labute approximate surface area is 173 Å². The maximum atomic E-state index is 13.4. The predicted octanol–water partition coefficient (Wildman–Crippen LogP) is 2.27. The quantitative estimate of drug-likeness (QED) is 0.535. The highest BCUT2D eigenvalue weighted by Gasteiger charge is 2.41. The second-order valence-corrected chi connectivity index (χ2v) is 8.80. The van der Waals surface area contributed by atoms with Crippen LogP contribution in [-0.4, -0.2) is 42.4 Å². The smallest absolute Gasteiger partial charge is 0.264 e. The molecule has 30 heavy (non-hydrogen) atoms. The van der Waals surface area contributed by atoms with Gasteiger partial charge in [-0.1, -0.05) is 6.07 Å². The topological polar surface area (TPSA) is 97.8 Å². The molecule has 6 rings (SSSR count). The Morgan fingerprint density at radius 2 is 1.93 bits per heavy atom. The molecule has 2 saturated heterocycles. The maximum Gasteiger partial charge on any atom is 0.264 e. The Morgan fingerprint density at radius 3 is 2.70 bits per heavy atom. The Balaban J connectivity index is 1.49. The van der Waals surface area contributed by atoms with Crippen LogP contribution >= 0.6 is 0 Å². The maximum absolute atomic E-state index is 13.4. The molecule has 8 heteroatoms. The summed E-state index contributed by atoms with van der Waals surface area (Å²) in [6.07, 6.45) is 8.04. The fourth-order valence-electron chi connectivity index (χ4n) is 5.47. The number of benzene rings is 1. The van der Waals surface area contributed by atoms with Crippen molar-refractivity contribution in [1.29, 1.82) is 0 Å². The van der Waals surface area contributed by atoms with Gasteiger partial charge in [0, 0.05) is 55.6 Å². The van der Waals surface area contributed by atoms with Gasteiger partial charge in [0.1, 0.15) is 5.65 Å². The van der Waals surface area contributed by atoms with Gasteiger partial charge in [-0.2, -0.15) is 10.1 Å². The van der Waals surface area contributed by atoms with E-state index < -0.39 is 0 Å². The molecule has 154 valence electrons. The molecule has 5 heterocycles. The molecule has 0 aliphatic carbocycles. The lowest BCUT2D eigenvalue weighted by Crippen LogP contribution is -2.49. The zero-order valence-corrected chi connectivity index (χ0v) is 17.2. The van der Waals surface area contributed by atoms with Crippen LogP contribution in [0, 0.1) is 0 Å². The minimum Gasteiger partial charge on any atom is -0.345 e. The molecule has 0 saturated carbocycles. The lowest BCUT2D eigenvalue weighted by molar-refractivity contribution is 0.405. The van der Waals surface area contributed by atoms with Gasteiger partial charge in [0.2, 0.25) is 5.95 Å². The van der Waals surface area contributed by atoms with Crippen LogP contribution in [0.3, 0.4) is 0 Å². The lowest BCUT2D eigenvalue weighted by atomic mass is 9.98. The normalized spacial score (nSPS) is 23.7. The van der Waals surface area contributed by atoms with Gasteiger partial charge in [-0.05, 0) is 43.4 Å². The van der Waals surface area contributed by atoms with E-state index in [-0.39, 0.29) is 11.6 Å². The number of piperidine rings is 1. The number of aromatic amines is 1. The van der Waals surface area contributed by atoms with Gasteiger partial charge in [0.05, 0.1) is 10.9 Å². The van der Waals surface area contributed by atoms with E-state index >= 15 is 0 Å². The molecule has 3 atom stereocenters. The van der Waals surface area contributed by atoms with Crippen molar-refractivity contribution < 1.29 is 0 Å². The molecule has 4 aromatic rings. The summed E-state index contributed by atoms with van der Waals surface area (Å²) in [6.45, 7) is 0. The number of nitrogens with two attached hydrogens (primary N) is 1. The number of anilines is 1. The Hall–Kier alpha value is -3.13. The first-order valence-electron chi connectivity index (χ1n) is 10.6. The van der Waals surface area contributed by atoms with E-state index in [9.17, 15) is 4.79 Å². The summed E-state index contributed by atoms with van der Waals surface area (Å²) in [5, 5.41) is 6.11. The van der Waals surface area contributed by atoms with Gasteiger partial charge >= 0.3 is 0 Å². The van der Waals surface area contributed by atoms with E-state index in [0.29, 0.717) is 23.1 Å². The molecule has 0 amide bonds. The van der Waals surface area contributed by atoms with Crippen molar-refractivity contribution in [1.82, 2.24) is 24.3 Å². The van der Waals surface area contributed by atoms with Gasteiger partial charge in [-0.3, -0.25) is 14.0 Å². The molecule has 0 radical (unpaired) electrons. The monoisotopic (exact) mass is 403 g/mol. The summed E-state index contributed by atoms with van der Waals surface area (Å²) >= 11 is 0. The number of hydrogen-bond donors (Lipinski definition) is 2. The van der Waals surface area contributed by atoms with Crippen molar-refractivity contribution in [2.45, 2.75) is 43.8 Å². The number of H-pyrrole nitrogens is 1. The second-order valence-electron chi connectivity index (χ2n) is 8.80. The van der Waals surface area contributed by atoms with Gasteiger partial charge in [-0.25, -0.2) is 0 Å². The van der Waals surface area contributed by atoms with E-state index in [1.165, 1.54) is 0 Å². The molecule has 2 fully saturated rings. The van der Waals surface area contributed by atoms with E-state index in [1.54, 1.807) is 9.25 Å². The first-order valence-corrected chi connectivity index (χ1v) is 10.6. The van der Waals surface area contributed by atoms with Crippen LogP contribution in [0.15, 0.2) is 35.4 Å². The zero-order valence-electron chi connectivity index (χ0n) is 17.2. The number of hydrogen-bond acceptors (Lipinski definition) is 5. The van der Waals surface area contributed by atoms with Gasteiger partial charge in [0.15, 0.2) is 0 Å². The van der Waals surface area contributed by atoms with E-state index in [4.69, 9.17) is 10.7 Å². The fraction of sp³-hybridized carbons (Fsp3) is 0.409. The molecule has 1 unspecified atom stereocenters. The fourth-order valence-corrected chi connectivity index (χ4v) is 5.47. The summed E-state index contributed by atoms with van der Waals surface area (Å²) in [7, 11) is 3.74. The largest absolute Gasteiger partial charge is 0.345 e. The zero-order chi connectivity index (χ0) is 20.6. The molecule has 3 aromatic heterocycles. The first-order chi connectivity index (χ1) is 14.5. The van der Waals surface area contributed by atoms with Crippen molar-refractivity contribution in [2.24, 2.45) is 19.8 Å². The third-order valence-corrected chi connectivity index (χ3v) is 6.82. The van der Waals surface area contributed by atoms with E-state index in [1.807, 2.05) is 38.6 Å². The SMILES string of the molecule is Cn1cc2cc(-c3c[nH]c4nc(N5[C@@H]6CC[C@H]5CC(N)C6)n(C)c(=O)c34)ccc2n1. The first kappa shape index (κ1) is 17.7. The molecule has 1 aromatic carbocycles. The molecule has 2 aliphatic heterocycles. The van der Waals surface area contributed by atoms with Crippen molar-refractivity contribution >= 4 is 27.9 Å². The standard InChI is InChI=1S/C22H25N7O/c1-27-11-13-7-12(3-6-18(13)26-27)17-10-24-20-19(17)21(30)28(2)22(25-20)29-15-4-5-16(29)9-14(23)8-15/h3,6-7,10-11,14-16,24H,4-5,8-9,23H2,1-2H3/t14?,15-,16+. The van der Waals surface area contributed by atoms with Crippen molar-refractivity contribution in [3.05, 3.63) is 40.9 Å². The molecule has 8 nitrogen and oxygen atoms in total. The van der Waals surface area contributed by atoms with E-state index in [0.717, 1.165) is 53.7 Å². The van der Waals surface area contributed by atoms with E-state index in [2.05, 4.69) is 21.0 Å². The number of fused-ring (bicyclic) bond motifs is 4. The van der Waals surface area contributed by atoms with Crippen LogP contribution < -0.4 is 16.2 Å². The summed E-state index contributed by atoms with van der Waals surface area (Å²) in [6, 6.07) is 7.07. The number of nitrogens with zero attached hydrogens (tertiary/aromatic N) is 5. The Bertz CT molecular complexity index is 1330. The number of nitrogens with one attached hydrogen (secondary N) is 1. The lowest BCUT2D eigenvalue weighted by Gasteiger charge is -2.38. The molecule has 3 N–H and O–H groups in total. The van der Waals surface area contributed by atoms with Crippen LogP contribution in [-0.2, 0) is 14.1 Å². The van der Waals surface area contributed by atoms with Crippen LogP contribution in [0.4, 0.5) is 5.95 Å². The number of aromatic nitrogens is 5. The van der Waals surface area contributed by atoms with Crippen LogP contribution in [0.25, 0.3) is 33.1 Å². The summed E-state index contributed by atoms with van der Waals surface area (Å²) in [4.78, 5) is 24.0. The average molecular weight is 403 g/mol. The highest BCUT2D eigenvalue weighted by Crippen LogP contribution is 2.38. The predicted molar refractivity (Wildman–Crippen MR) is 118 cm³/mol.